The van der Waals surface area contributed by atoms with Gasteiger partial charge in [-0.15, -0.1) is 0 Å². The highest BCUT2D eigenvalue weighted by molar-refractivity contribution is 5.84. The van der Waals surface area contributed by atoms with Gasteiger partial charge in [-0.3, -0.25) is 4.79 Å². The summed E-state index contributed by atoms with van der Waals surface area (Å²) in [5.74, 6) is 0.324. The lowest BCUT2D eigenvalue weighted by Crippen LogP contribution is -2.67. The van der Waals surface area contributed by atoms with Gasteiger partial charge in [-0.1, -0.05) is 48.5 Å². The van der Waals surface area contributed by atoms with Crippen LogP contribution >= 0.6 is 0 Å². The van der Waals surface area contributed by atoms with E-state index in [1.165, 1.54) is 22.3 Å². The molecule has 6 rings (SSSR count). The topological polar surface area (TPSA) is 35.5 Å². The van der Waals surface area contributed by atoms with Gasteiger partial charge >= 0.3 is 5.97 Å². The van der Waals surface area contributed by atoms with Gasteiger partial charge in [0.15, 0.2) is 0 Å². The second-order valence-electron chi connectivity index (χ2n) is 7.57. The molecule has 0 aromatic heterocycles. The number of esters is 1. The first-order valence-corrected chi connectivity index (χ1v) is 8.69. The molecular weight excluding hydrogens is 300 g/mol. The van der Waals surface area contributed by atoms with Crippen LogP contribution in [0.4, 0.5) is 0 Å². The molecule has 4 aliphatic rings. The molecule has 24 heavy (non-hydrogen) atoms. The van der Waals surface area contributed by atoms with E-state index in [1.807, 2.05) is 6.07 Å². The molecule has 6 unspecified atom stereocenters. The van der Waals surface area contributed by atoms with Crippen molar-refractivity contribution in [1.29, 1.82) is 0 Å². The van der Waals surface area contributed by atoms with Gasteiger partial charge in [0.25, 0.3) is 0 Å². The third kappa shape index (κ3) is 1.23. The molecule has 1 saturated heterocycles. The molecule has 0 N–H and O–H groups in total. The maximum Gasteiger partial charge on any atom is 0.314 e. The summed E-state index contributed by atoms with van der Waals surface area (Å²) in [6, 6.07) is 17.1. The highest BCUT2D eigenvalue weighted by Crippen LogP contribution is 2.71. The number of hydrogen-bond donors (Lipinski definition) is 0. The Kier molecular flexibility index (Phi) is 2.25. The molecule has 120 valence electrons. The standard InChI is InChI=1S/C21H18O3/c1-23-21-10-15-11-6-2-5-9-14(11)18(21)17-13-8-4-3-7-12(13)16(15)20(22)24-19(17)21/h2-9,15-19H,10H2,1H3. The second kappa shape index (κ2) is 4.09. The summed E-state index contributed by atoms with van der Waals surface area (Å²) in [4.78, 5) is 13.0. The van der Waals surface area contributed by atoms with Crippen LogP contribution in [-0.4, -0.2) is 24.8 Å². The molecule has 2 aromatic carbocycles. The van der Waals surface area contributed by atoms with E-state index in [2.05, 4.69) is 42.5 Å². The molecule has 3 heteroatoms. The van der Waals surface area contributed by atoms with Gasteiger partial charge in [0.05, 0.1) is 5.92 Å². The summed E-state index contributed by atoms with van der Waals surface area (Å²) < 4.78 is 12.1. The first-order valence-electron chi connectivity index (χ1n) is 8.69. The molecule has 1 saturated carbocycles. The number of rotatable bonds is 1. The molecule has 2 aromatic rings. The Balaban J connectivity index is 1.74. The highest BCUT2D eigenvalue weighted by atomic mass is 16.6. The summed E-state index contributed by atoms with van der Waals surface area (Å²) in [5, 5.41) is 0. The molecular formula is C21H18O3. The molecule has 6 atom stereocenters. The zero-order valence-corrected chi connectivity index (χ0v) is 13.4. The summed E-state index contributed by atoms with van der Waals surface area (Å²) in [6.45, 7) is 0. The fraction of sp³-hybridized carbons (Fsp3) is 0.381. The molecule has 2 aliphatic heterocycles. The summed E-state index contributed by atoms with van der Waals surface area (Å²) >= 11 is 0. The summed E-state index contributed by atoms with van der Waals surface area (Å²) in [5.41, 5.74) is 4.77. The van der Waals surface area contributed by atoms with Crippen LogP contribution in [0.5, 0.6) is 0 Å². The number of benzene rings is 2. The van der Waals surface area contributed by atoms with Gasteiger partial charge in [0.2, 0.25) is 0 Å². The molecule has 3 nitrogen and oxygen atoms in total. The fourth-order valence-corrected chi connectivity index (χ4v) is 6.07. The van der Waals surface area contributed by atoms with Crippen LogP contribution in [0, 0.1) is 0 Å². The minimum Gasteiger partial charge on any atom is -0.458 e. The van der Waals surface area contributed by atoms with Gasteiger partial charge < -0.3 is 9.47 Å². The van der Waals surface area contributed by atoms with Crippen LogP contribution in [0.15, 0.2) is 48.5 Å². The number of ether oxygens (including phenoxy) is 2. The van der Waals surface area contributed by atoms with Crippen LogP contribution in [0.3, 0.4) is 0 Å². The van der Waals surface area contributed by atoms with Crippen molar-refractivity contribution in [1.82, 2.24) is 0 Å². The number of fused-ring (bicyclic) bond motifs is 11. The number of methoxy groups -OCH3 is 1. The van der Waals surface area contributed by atoms with Crippen LogP contribution < -0.4 is 0 Å². The largest absolute Gasteiger partial charge is 0.458 e. The molecule has 0 radical (unpaired) electrons. The molecule has 2 fully saturated rings. The monoisotopic (exact) mass is 318 g/mol. The van der Waals surface area contributed by atoms with E-state index in [9.17, 15) is 4.79 Å². The van der Waals surface area contributed by atoms with E-state index in [-0.39, 0.29) is 41.3 Å². The number of carbonyl (C=O) groups is 1. The van der Waals surface area contributed by atoms with Gasteiger partial charge in [0, 0.05) is 24.9 Å². The number of hydrogen-bond acceptors (Lipinski definition) is 3. The van der Waals surface area contributed by atoms with E-state index in [0.29, 0.717) is 0 Å². The van der Waals surface area contributed by atoms with E-state index in [1.54, 1.807) is 7.11 Å². The predicted molar refractivity (Wildman–Crippen MR) is 88.1 cm³/mol. The zero-order chi connectivity index (χ0) is 16.1. The van der Waals surface area contributed by atoms with Crippen LogP contribution in [0.2, 0.25) is 0 Å². The van der Waals surface area contributed by atoms with E-state index >= 15 is 0 Å². The lowest BCUT2D eigenvalue weighted by molar-refractivity contribution is -0.217. The Morgan fingerprint density at radius 2 is 1.67 bits per heavy atom. The average molecular weight is 318 g/mol. The normalized spacial score (nSPS) is 40.0. The molecule has 2 aliphatic carbocycles. The van der Waals surface area contributed by atoms with Crippen molar-refractivity contribution in [2.75, 3.05) is 7.11 Å². The maximum atomic E-state index is 13.0. The SMILES string of the molecule is COC12CC3c4ccccc4C1C1c4ccccc4C3C(=O)OC12. The lowest BCUT2D eigenvalue weighted by atomic mass is 9.45. The van der Waals surface area contributed by atoms with Crippen molar-refractivity contribution >= 4 is 5.97 Å². The molecule has 4 bridgehead atoms. The van der Waals surface area contributed by atoms with E-state index in [0.717, 1.165) is 6.42 Å². The van der Waals surface area contributed by atoms with Gasteiger partial charge in [-0.2, -0.15) is 0 Å². The first kappa shape index (κ1) is 13.2. The third-order valence-electron chi connectivity index (χ3n) is 6.93. The van der Waals surface area contributed by atoms with Crippen molar-refractivity contribution in [3.05, 3.63) is 70.8 Å². The Labute approximate surface area is 140 Å². The third-order valence-corrected chi connectivity index (χ3v) is 6.93. The quantitative estimate of drug-likeness (QED) is 0.755. The Morgan fingerprint density at radius 1 is 1.00 bits per heavy atom. The second-order valence-corrected chi connectivity index (χ2v) is 7.57. The fourth-order valence-electron chi connectivity index (χ4n) is 6.07. The van der Waals surface area contributed by atoms with Gasteiger partial charge in [-0.25, -0.2) is 0 Å². The Bertz CT molecular complexity index is 888. The predicted octanol–water partition coefficient (Wildman–Crippen LogP) is 3.46. The minimum atomic E-state index is -0.359. The maximum absolute atomic E-state index is 13.0. The van der Waals surface area contributed by atoms with Crippen molar-refractivity contribution in [3.8, 4) is 0 Å². The van der Waals surface area contributed by atoms with E-state index < -0.39 is 0 Å². The first-order chi connectivity index (χ1) is 11.8. The van der Waals surface area contributed by atoms with Crippen molar-refractivity contribution in [3.63, 3.8) is 0 Å². The van der Waals surface area contributed by atoms with Crippen LogP contribution in [0.25, 0.3) is 0 Å². The minimum absolute atomic E-state index is 0.0750. The Hall–Kier alpha value is -2.13. The zero-order valence-electron chi connectivity index (χ0n) is 13.4. The molecule has 0 amide bonds. The smallest absolute Gasteiger partial charge is 0.314 e. The Morgan fingerprint density at radius 3 is 2.42 bits per heavy atom. The van der Waals surface area contributed by atoms with Crippen molar-refractivity contribution < 1.29 is 14.3 Å². The van der Waals surface area contributed by atoms with E-state index in [4.69, 9.17) is 9.47 Å². The van der Waals surface area contributed by atoms with Crippen LogP contribution in [0.1, 0.15) is 52.3 Å². The van der Waals surface area contributed by atoms with Crippen molar-refractivity contribution in [2.45, 2.75) is 41.8 Å². The van der Waals surface area contributed by atoms with Gasteiger partial charge in [0.1, 0.15) is 11.7 Å². The molecule has 2 heterocycles. The summed E-state index contributed by atoms with van der Waals surface area (Å²) in [6.07, 6.45) is 0.710. The average Bonchev–Trinajstić information content (AvgIpc) is 2.73. The molecule has 0 spiro atoms. The van der Waals surface area contributed by atoms with Crippen LogP contribution in [-0.2, 0) is 14.3 Å². The van der Waals surface area contributed by atoms with Crippen molar-refractivity contribution in [2.24, 2.45) is 0 Å². The van der Waals surface area contributed by atoms with Gasteiger partial charge in [-0.05, 0) is 28.7 Å². The number of carbonyl (C=O) groups excluding carboxylic acids is 1. The lowest BCUT2D eigenvalue weighted by Gasteiger charge is -2.62. The highest BCUT2D eigenvalue weighted by Gasteiger charge is 2.72. The summed E-state index contributed by atoms with van der Waals surface area (Å²) in [7, 11) is 1.78.